The van der Waals surface area contributed by atoms with Crippen molar-refractivity contribution in [3.05, 3.63) is 22.2 Å². The van der Waals surface area contributed by atoms with Gasteiger partial charge in [0.05, 0.1) is 9.80 Å². The SMILES string of the molecule is C[C@H]1CN(c2n[nH]c(-c3ccc([N+](=O)[O-])s3)n2)CCN1. The fourth-order valence-corrected chi connectivity index (χ4v) is 2.93. The number of aromatic amines is 1. The maximum atomic E-state index is 10.7. The van der Waals surface area contributed by atoms with E-state index in [4.69, 9.17) is 0 Å². The monoisotopic (exact) mass is 294 g/mol. The van der Waals surface area contributed by atoms with Gasteiger partial charge >= 0.3 is 5.00 Å². The maximum Gasteiger partial charge on any atom is 0.324 e. The molecule has 9 heteroatoms. The molecule has 106 valence electrons. The summed E-state index contributed by atoms with van der Waals surface area (Å²) >= 11 is 1.09. The van der Waals surface area contributed by atoms with Crippen LogP contribution in [0.5, 0.6) is 0 Å². The van der Waals surface area contributed by atoms with Crippen LogP contribution in [-0.4, -0.2) is 45.8 Å². The Morgan fingerprint density at radius 1 is 1.55 bits per heavy atom. The molecule has 0 aliphatic carbocycles. The van der Waals surface area contributed by atoms with Crippen LogP contribution in [-0.2, 0) is 0 Å². The molecule has 0 bridgehead atoms. The highest BCUT2D eigenvalue weighted by Crippen LogP contribution is 2.31. The lowest BCUT2D eigenvalue weighted by molar-refractivity contribution is -0.380. The van der Waals surface area contributed by atoms with E-state index in [-0.39, 0.29) is 5.00 Å². The van der Waals surface area contributed by atoms with Crippen LogP contribution in [0, 0.1) is 10.1 Å². The molecule has 0 unspecified atom stereocenters. The molecule has 2 aromatic rings. The number of rotatable bonds is 3. The summed E-state index contributed by atoms with van der Waals surface area (Å²) in [5, 5.41) is 21.2. The lowest BCUT2D eigenvalue weighted by atomic mass is 10.2. The molecule has 8 nitrogen and oxygen atoms in total. The van der Waals surface area contributed by atoms with Gasteiger partial charge in [0, 0.05) is 31.7 Å². The Balaban J connectivity index is 1.80. The van der Waals surface area contributed by atoms with Crippen molar-refractivity contribution < 1.29 is 4.92 Å². The fourth-order valence-electron chi connectivity index (χ4n) is 2.17. The van der Waals surface area contributed by atoms with Gasteiger partial charge in [-0.15, -0.1) is 5.10 Å². The molecular formula is C11H14N6O2S. The predicted molar refractivity (Wildman–Crippen MR) is 76.0 cm³/mol. The normalized spacial score (nSPS) is 19.2. The highest BCUT2D eigenvalue weighted by Gasteiger charge is 2.20. The zero-order chi connectivity index (χ0) is 14.1. The van der Waals surface area contributed by atoms with Gasteiger partial charge in [0.1, 0.15) is 0 Å². The second-order valence-corrected chi connectivity index (χ2v) is 5.74. The Hall–Kier alpha value is -2.00. The molecular weight excluding hydrogens is 280 g/mol. The van der Waals surface area contributed by atoms with Crippen molar-refractivity contribution in [2.24, 2.45) is 0 Å². The van der Waals surface area contributed by atoms with Gasteiger partial charge in [0.25, 0.3) is 0 Å². The highest BCUT2D eigenvalue weighted by atomic mass is 32.1. The second-order valence-electron chi connectivity index (χ2n) is 4.68. The number of aromatic nitrogens is 3. The van der Waals surface area contributed by atoms with E-state index in [1.807, 2.05) is 0 Å². The van der Waals surface area contributed by atoms with Crippen LogP contribution < -0.4 is 10.2 Å². The lowest BCUT2D eigenvalue weighted by Gasteiger charge is -2.30. The Labute approximate surface area is 119 Å². The first kappa shape index (κ1) is 13.0. The first-order valence-electron chi connectivity index (χ1n) is 6.29. The summed E-state index contributed by atoms with van der Waals surface area (Å²) in [4.78, 5) is 17.5. The van der Waals surface area contributed by atoms with Gasteiger partial charge in [-0.2, -0.15) is 4.98 Å². The summed E-state index contributed by atoms with van der Waals surface area (Å²) in [5.41, 5.74) is 0. The average molecular weight is 294 g/mol. The zero-order valence-electron chi connectivity index (χ0n) is 10.9. The van der Waals surface area contributed by atoms with Crippen LogP contribution in [0.15, 0.2) is 12.1 Å². The van der Waals surface area contributed by atoms with Gasteiger partial charge in [-0.3, -0.25) is 15.2 Å². The number of H-pyrrole nitrogens is 1. The molecule has 2 N–H and O–H groups in total. The van der Waals surface area contributed by atoms with Crippen LogP contribution in [0.4, 0.5) is 10.9 Å². The second kappa shape index (κ2) is 5.17. The maximum absolute atomic E-state index is 10.7. The average Bonchev–Trinajstić information content (AvgIpc) is 3.08. The smallest absolute Gasteiger partial charge is 0.324 e. The molecule has 0 radical (unpaired) electrons. The largest absolute Gasteiger partial charge is 0.337 e. The van der Waals surface area contributed by atoms with E-state index in [2.05, 4.69) is 32.3 Å². The number of thiophene rings is 1. The number of nitrogens with zero attached hydrogens (tertiary/aromatic N) is 4. The summed E-state index contributed by atoms with van der Waals surface area (Å²) in [5.74, 6) is 1.22. The first-order valence-corrected chi connectivity index (χ1v) is 7.10. The van der Waals surface area contributed by atoms with Crippen LogP contribution in [0.1, 0.15) is 6.92 Å². The van der Waals surface area contributed by atoms with Gasteiger partial charge in [-0.1, -0.05) is 11.3 Å². The third-order valence-corrected chi connectivity index (χ3v) is 4.17. The van der Waals surface area contributed by atoms with Crippen molar-refractivity contribution >= 4 is 22.3 Å². The molecule has 3 heterocycles. The van der Waals surface area contributed by atoms with Crippen molar-refractivity contribution in [1.29, 1.82) is 0 Å². The van der Waals surface area contributed by atoms with E-state index in [1.165, 1.54) is 6.07 Å². The van der Waals surface area contributed by atoms with Gasteiger partial charge in [0.15, 0.2) is 5.82 Å². The minimum atomic E-state index is -0.399. The summed E-state index contributed by atoms with van der Waals surface area (Å²) in [6.45, 7) is 4.71. The summed E-state index contributed by atoms with van der Waals surface area (Å²) < 4.78 is 0. The topological polar surface area (TPSA) is 100.0 Å². The Kier molecular flexibility index (Phi) is 3.36. The van der Waals surface area contributed by atoms with Crippen molar-refractivity contribution in [2.75, 3.05) is 24.5 Å². The van der Waals surface area contributed by atoms with Crippen LogP contribution in [0.25, 0.3) is 10.7 Å². The number of nitro groups is 1. The minimum Gasteiger partial charge on any atom is -0.337 e. The molecule has 1 saturated heterocycles. The number of anilines is 1. The van der Waals surface area contributed by atoms with Crippen molar-refractivity contribution in [1.82, 2.24) is 20.5 Å². The quantitative estimate of drug-likeness (QED) is 0.652. The van der Waals surface area contributed by atoms with Gasteiger partial charge < -0.3 is 10.2 Å². The Morgan fingerprint density at radius 2 is 2.40 bits per heavy atom. The van der Waals surface area contributed by atoms with Crippen molar-refractivity contribution in [3.8, 4) is 10.7 Å². The Morgan fingerprint density at radius 3 is 3.10 bits per heavy atom. The fraction of sp³-hybridized carbons (Fsp3) is 0.455. The first-order chi connectivity index (χ1) is 9.63. The molecule has 0 aromatic carbocycles. The third-order valence-electron chi connectivity index (χ3n) is 3.13. The molecule has 1 aliphatic rings. The van der Waals surface area contributed by atoms with E-state index in [1.54, 1.807) is 6.07 Å². The number of nitrogens with one attached hydrogen (secondary N) is 2. The predicted octanol–water partition coefficient (Wildman–Crippen LogP) is 1.24. The highest BCUT2D eigenvalue weighted by molar-refractivity contribution is 7.18. The molecule has 0 saturated carbocycles. The van der Waals surface area contributed by atoms with Gasteiger partial charge in [0.2, 0.25) is 5.95 Å². The third kappa shape index (κ3) is 2.49. The number of hydrogen-bond donors (Lipinski definition) is 2. The Bertz CT molecular complexity index is 624. The van der Waals surface area contributed by atoms with Crippen LogP contribution in [0.3, 0.4) is 0 Å². The molecule has 1 atom stereocenters. The van der Waals surface area contributed by atoms with Crippen LogP contribution >= 0.6 is 11.3 Å². The molecule has 0 amide bonds. The summed E-state index contributed by atoms with van der Waals surface area (Å²) in [6, 6.07) is 3.57. The minimum absolute atomic E-state index is 0.105. The number of hydrogen-bond acceptors (Lipinski definition) is 7. The molecule has 1 aliphatic heterocycles. The number of piperazine rings is 1. The zero-order valence-corrected chi connectivity index (χ0v) is 11.7. The standard InChI is InChI=1S/C11H14N6O2S/c1-7-6-16(5-4-12-7)11-13-10(14-15-11)8-2-3-9(20-8)17(18)19/h2-3,7,12H,4-6H2,1H3,(H,13,14,15)/t7-/m0/s1. The van der Waals surface area contributed by atoms with Crippen molar-refractivity contribution in [2.45, 2.75) is 13.0 Å². The van der Waals surface area contributed by atoms with E-state index in [9.17, 15) is 10.1 Å². The molecule has 1 fully saturated rings. The van der Waals surface area contributed by atoms with E-state index in [0.717, 1.165) is 35.8 Å². The summed E-state index contributed by atoms with van der Waals surface area (Å²) in [7, 11) is 0. The summed E-state index contributed by atoms with van der Waals surface area (Å²) in [6.07, 6.45) is 0. The van der Waals surface area contributed by atoms with Crippen LogP contribution in [0.2, 0.25) is 0 Å². The molecule has 2 aromatic heterocycles. The van der Waals surface area contributed by atoms with Gasteiger partial charge in [-0.25, -0.2) is 0 Å². The lowest BCUT2D eigenvalue weighted by Crippen LogP contribution is -2.49. The van der Waals surface area contributed by atoms with Gasteiger partial charge in [-0.05, 0) is 13.0 Å². The van der Waals surface area contributed by atoms with E-state index in [0.29, 0.717) is 17.8 Å². The molecule has 0 spiro atoms. The molecule has 3 rings (SSSR count). The van der Waals surface area contributed by atoms with E-state index < -0.39 is 4.92 Å². The van der Waals surface area contributed by atoms with E-state index >= 15 is 0 Å². The molecule has 20 heavy (non-hydrogen) atoms. The van der Waals surface area contributed by atoms with Crippen molar-refractivity contribution in [3.63, 3.8) is 0 Å².